The lowest BCUT2D eigenvalue weighted by atomic mass is 10.1. The van der Waals surface area contributed by atoms with Gasteiger partial charge in [0.25, 0.3) is 0 Å². The van der Waals surface area contributed by atoms with E-state index in [0.29, 0.717) is 29.7 Å². The molecule has 0 spiro atoms. The second kappa shape index (κ2) is 11.5. The molecule has 1 aliphatic rings. The van der Waals surface area contributed by atoms with E-state index in [1.807, 2.05) is 48.5 Å². The molecule has 0 radical (unpaired) electrons. The van der Waals surface area contributed by atoms with Crippen LogP contribution < -0.4 is 14.8 Å². The average molecular weight is 474 g/mol. The molecule has 1 amide bonds. The van der Waals surface area contributed by atoms with E-state index in [9.17, 15) is 4.79 Å². The predicted octanol–water partition coefficient (Wildman–Crippen LogP) is 5.00. The fraction of sp³-hybridized carbons (Fsp3) is 0.222. The number of hydrogen-bond donors (Lipinski definition) is 1. The zero-order valence-corrected chi connectivity index (χ0v) is 20.0. The lowest BCUT2D eigenvalue weighted by molar-refractivity contribution is -0.118. The summed E-state index contributed by atoms with van der Waals surface area (Å²) < 4.78 is 11.4. The molecule has 3 aromatic carbocycles. The van der Waals surface area contributed by atoms with Gasteiger partial charge in [0.1, 0.15) is 6.61 Å². The number of nitrogens with zero attached hydrogens (tertiary/aromatic N) is 2. The minimum atomic E-state index is -0.206. The molecule has 174 valence electrons. The number of amidine groups is 1. The van der Waals surface area contributed by atoms with Crippen LogP contribution in [0.25, 0.3) is 0 Å². The van der Waals surface area contributed by atoms with E-state index >= 15 is 0 Å². The molecule has 1 fully saturated rings. The smallest absolute Gasteiger partial charge is 0.239 e. The Bertz CT molecular complexity index is 1180. The van der Waals surface area contributed by atoms with Crippen molar-refractivity contribution in [3.63, 3.8) is 0 Å². The van der Waals surface area contributed by atoms with Crippen LogP contribution in [0.4, 0.5) is 0 Å². The Morgan fingerprint density at radius 2 is 1.74 bits per heavy atom. The highest BCUT2D eigenvalue weighted by molar-refractivity contribution is 8.15. The molecule has 0 aromatic heterocycles. The van der Waals surface area contributed by atoms with E-state index in [1.165, 1.54) is 17.3 Å². The third-order valence-electron chi connectivity index (χ3n) is 5.41. The highest BCUT2D eigenvalue weighted by atomic mass is 32.2. The van der Waals surface area contributed by atoms with Crippen LogP contribution in [0, 0.1) is 0 Å². The summed E-state index contributed by atoms with van der Waals surface area (Å²) in [6, 6.07) is 23.9. The van der Waals surface area contributed by atoms with Crippen molar-refractivity contribution in [3.8, 4) is 11.5 Å². The summed E-state index contributed by atoms with van der Waals surface area (Å²) in [5.74, 6) is 1.23. The van der Waals surface area contributed by atoms with E-state index in [-0.39, 0.29) is 11.2 Å². The zero-order chi connectivity index (χ0) is 23.8. The van der Waals surface area contributed by atoms with E-state index in [1.54, 1.807) is 13.3 Å². The molecule has 1 atom stereocenters. The Kier molecular flexibility index (Phi) is 7.99. The fourth-order valence-electron chi connectivity index (χ4n) is 3.48. The van der Waals surface area contributed by atoms with Crippen LogP contribution >= 0.6 is 11.8 Å². The Balaban J connectivity index is 1.35. The van der Waals surface area contributed by atoms with Gasteiger partial charge < -0.3 is 14.8 Å². The second-order valence-electron chi connectivity index (χ2n) is 7.80. The maximum absolute atomic E-state index is 12.3. The summed E-state index contributed by atoms with van der Waals surface area (Å²) in [6.45, 7) is 2.59. The number of thioether (sulfide) groups is 1. The molecule has 0 bridgehead atoms. The SMILES string of the molecule is CCc1ccc(C[C@H]2S/C(=N\N=C/c3ccc(OCc4ccccc4)c(OC)c3)NC2=O)cc1. The average Bonchev–Trinajstić information content (AvgIpc) is 3.22. The van der Waals surface area contributed by atoms with Crippen molar-refractivity contribution in [3.05, 3.63) is 95.1 Å². The molecule has 0 saturated carbocycles. The van der Waals surface area contributed by atoms with E-state index in [0.717, 1.165) is 23.1 Å². The molecule has 0 aliphatic carbocycles. The van der Waals surface area contributed by atoms with Gasteiger partial charge in [-0.3, -0.25) is 4.79 Å². The van der Waals surface area contributed by atoms with Crippen molar-refractivity contribution in [1.82, 2.24) is 5.32 Å². The van der Waals surface area contributed by atoms with Crippen molar-refractivity contribution in [2.24, 2.45) is 10.2 Å². The molecule has 4 rings (SSSR count). The first-order valence-electron chi connectivity index (χ1n) is 11.2. The number of benzene rings is 3. The van der Waals surface area contributed by atoms with Gasteiger partial charge in [0.2, 0.25) is 5.91 Å². The summed E-state index contributed by atoms with van der Waals surface area (Å²) in [4.78, 5) is 12.3. The molecule has 34 heavy (non-hydrogen) atoms. The third-order valence-corrected chi connectivity index (χ3v) is 6.48. The van der Waals surface area contributed by atoms with Crippen LogP contribution in [0.2, 0.25) is 0 Å². The van der Waals surface area contributed by atoms with Gasteiger partial charge >= 0.3 is 0 Å². The zero-order valence-electron chi connectivity index (χ0n) is 19.2. The molecule has 7 heteroatoms. The minimum absolute atomic E-state index is 0.0416. The summed E-state index contributed by atoms with van der Waals surface area (Å²) in [7, 11) is 1.60. The van der Waals surface area contributed by atoms with Crippen molar-refractivity contribution in [2.45, 2.75) is 31.6 Å². The first kappa shape index (κ1) is 23.6. The maximum atomic E-state index is 12.3. The molecule has 1 heterocycles. The Labute approximate surface area is 204 Å². The van der Waals surface area contributed by atoms with Gasteiger partial charge in [-0.25, -0.2) is 0 Å². The summed E-state index contributed by atoms with van der Waals surface area (Å²) in [5.41, 5.74) is 4.32. The summed E-state index contributed by atoms with van der Waals surface area (Å²) in [5, 5.41) is 11.5. The molecule has 0 unspecified atom stereocenters. The van der Waals surface area contributed by atoms with Crippen LogP contribution in [-0.4, -0.2) is 29.6 Å². The van der Waals surface area contributed by atoms with Gasteiger partial charge in [-0.1, -0.05) is 73.3 Å². The lowest BCUT2D eigenvalue weighted by Crippen LogP contribution is -2.25. The number of amides is 1. The Morgan fingerprint density at radius 3 is 2.47 bits per heavy atom. The number of rotatable bonds is 9. The highest BCUT2D eigenvalue weighted by Crippen LogP contribution is 2.28. The molecule has 1 saturated heterocycles. The van der Waals surface area contributed by atoms with E-state index in [2.05, 4.69) is 46.7 Å². The Morgan fingerprint density at radius 1 is 0.971 bits per heavy atom. The van der Waals surface area contributed by atoms with Crippen LogP contribution in [0.1, 0.15) is 29.2 Å². The largest absolute Gasteiger partial charge is 0.493 e. The molecule has 1 aliphatic heterocycles. The monoisotopic (exact) mass is 473 g/mol. The predicted molar refractivity (Wildman–Crippen MR) is 138 cm³/mol. The molecular weight excluding hydrogens is 446 g/mol. The number of carbonyl (C=O) groups is 1. The maximum Gasteiger partial charge on any atom is 0.239 e. The van der Waals surface area contributed by atoms with Crippen molar-refractivity contribution in [1.29, 1.82) is 0 Å². The van der Waals surface area contributed by atoms with Crippen molar-refractivity contribution < 1.29 is 14.3 Å². The third kappa shape index (κ3) is 6.26. The Hall–Kier alpha value is -3.58. The normalized spacial score (nSPS) is 16.7. The number of hydrogen-bond acceptors (Lipinski definition) is 6. The number of carbonyl (C=O) groups excluding carboxylic acids is 1. The number of nitrogens with one attached hydrogen (secondary N) is 1. The summed E-state index contributed by atoms with van der Waals surface area (Å²) in [6.07, 6.45) is 3.29. The van der Waals surface area contributed by atoms with Gasteiger partial charge in [0, 0.05) is 0 Å². The molecule has 6 nitrogen and oxygen atoms in total. The van der Waals surface area contributed by atoms with Gasteiger partial charge in [0.15, 0.2) is 16.7 Å². The first-order chi connectivity index (χ1) is 16.6. The topological polar surface area (TPSA) is 72.3 Å². The number of ether oxygens (including phenoxy) is 2. The van der Waals surface area contributed by atoms with Crippen LogP contribution in [0.3, 0.4) is 0 Å². The van der Waals surface area contributed by atoms with Crippen LogP contribution in [0.5, 0.6) is 11.5 Å². The quantitative estimate of drug-likeness (QED) is 0.351. The molecule has 1 N–H and O–H groups in total. The van der Waals surface area contributed by atoms with E-state index < -0.39 is 0 Å². The first-order valence-corrected chi connectivity index (χ1v) is 12.0. The van der Waals surface area contributed by atoms with Gasteiger partial charge in [0.05, 0.1) is 18.6 Å². The van der Waals surface area contributed by atoms with Crippen LogP contribution in [0.15, 0.2) is 83.0 Å². The number of methoxy groups -OCH3 is 1. The van der Waals surface area contributed by atoms with Gasteiger partial charge in [-0.15, -0.1) is 5.10 Å². The standard InChI is InChI=1S/C27H27N3O3S/c1-3-19-9-11-20(12-10-19)16-25-26(31)29-27(34-25)30-28-17-22-13-14-23(24(15-22)32-2)33-18-21-7-5-4-6-8-21/h4-15,17,25H,3,16,18H2,1-2H3,(H,29,30,31)/b28-17-/t25-/m1/s1. The minimum Gasteiger partial charge on any atom is -0.493 e. The van der Waals surface area contributed by atoms with Crippen molar-refractivity contribution >= 4 is 29.1 Å². The fourth-order valence-corrected chi connectivity index (χ4v) is 4.44. The van der Waals surface area contributed by atoms with Crippen LogP contribution in [-0.2, 0) is 24.2 Å². The van der Waals surface area contributed by atoms with Gasteiger partial charge in [-0.2, -0.15) is 5.10 Å². The second-order valence-corrected chi connectivity index (χ2v) is 9.00. The summed E-state index contributed by atoms with van der Waals surface area (Å²) >= 11 is 1.40. The molecule has 3 aromatic rings. The lowest BCUT2D eigenvalue weighted by Gasteiger charge is -2.11. The van der Waals surface area contributed by atoms with Crippen molar-refractivity contribution in [2.75, 3.05) is 7.11 Å². The van der Waals surface area contributed by atoms with E-state index in [4.69, 9.17) is 9.47 Å². The number of aryl methyl sites for hydroxylation is 1. The van der Waals surface area contributed by atoms with Gasteiger partial charge in [-0.05, 0) is 53.3 Å². The molecular formula is C27H27N3O3S. The highest BCUT2D eigenvalue weighted by Gasteiger charge is 2.30.